The number of fused-ring (bicyclic) bond motifs is 1. The van der Waals surface area contributed by atoms with E-state index in [1.54, 1.807) is 18.2 Å². The van der Waals surface area contributed by atoms with Crippen molar-refractivity contribution in [1.82, 2.24) is 0 Å². The van der Waals surface area contributed by atoms with Crippen LogP contribution in [0.4, 0.5) is 5.69 Å². The predicted octanol–water partition coefficient (Wildman–Crippen LogP) is 0.268. The molecular formula is C11H7N2O4+. The van der Waals surface area contributed by atoms with Crippen molar-refractivity contribution in [3.8, 4) is 11.5 Å². The molecule has 0 atom stereocenters. The molecule has 0 saturated heterocycles. The van der Waals surface area contributed by atoms with Gasteiger partial charge in [-0.2, -0.15) is 0 Å². The third-order valence-electron chi connectivity index (χ3n) is 2.44. The van der Waals surface area contributed by atoms with Gasteiger partial charge in [0.25, 0.3) is 0 Å². The van der Waals surface area contributed by atoms with Crippen molar-refractivity contribution in [2.75, 3.05) is 6.79 Å². The Balaban J connectivity index is 2.05. The highest BCUT2D eigenvalue weighted by molar-refractivity contribution is 6.39. The molecule has 0 aliphatic carbocycles. The first-order valence-electron chi connectivity index (χ1n) is 4.90. The average molecular weight is 231 g/mol. The summed E-state index contributed by atoms with van der Waals surface area (Å²) in [7, 11) is 0. The molecule has 0 aromatic heterocycles. The van der Waals surface area contributed by atoms with E-state index < -0.39 is 11.8 Å². The fraction of sp³-hybridized carbons (Fsp3) is 0.0909. The quantitative estimate of drug-likeness (QED) is 0.514. The van der Waals surface area contributed by atoms with Crippen LogP contribution in [0.1, 0.15) is 0 Å². The Morgan fingerprint density at radius 3 is 2.88 bits per heavy atom. The summed E-state index contributed by atoms with van der Waals surface area (Å²) in [6, 6.07) is 5.01. The predicted molar refractivity (Wildman–Crippen MR) is 57.1 cm³/mol. The fourth-order valence-corrected chi connectivity index (χ4v) is 1.63. The van der Waals surface area contributed by atoms with Crippen molar-refractivity contribution in [1.29, 1.82) is 0 Å². The zero-order valence-electron chi connectivity index (χ0n) is 8.62. The van der Waals surface area contributed by atoms with Crippen molar-refractivity contribution in [3.63, 3.8) is 0 Å². The van der Waals surface area contributed by atoms with Gasteiger partial charge in [0.15, 0.2) is 17.7 Å². The van der Waals surface area contributed by atoms with Gasteiger partial charge in [-0.3, -0.25) is 4.79 Å². The lowest BCUT2D eigenvalue weighted by Crippen LogP contribution is -2.28. The summed E-state index contributed by atoms with van der Waals surface area (Å²) >= 11 is 0. The zero-order chi connectivity index (χ0) is 11.8. The van der Waals surface area contributed by atoms with Gasteiger partial charge in [-0.25, -0.2) is 9.79 Å². The van der Waals surface area contributed by atoms with Gasteiger partial charge in [0.05, 0.1) is 12.3 Å². The first kappa shape index (κ1) is 9.71. The Morgan fingerprint density at radius 2 is 2.00 bits per heavy atom. The molecule has 1 aromatic carbocycles. The molecule has 0 N–H and O–H groups in total. The Kier molecular flexibility index (Phi) is 2.01. The van der Waals surface area contributed by atoms with Gasteiger partial charge < -0.3 is 9.47 Å². The van der Waals surface area contributed by atoms with Gasteiger partial charge in [-0.1, -0.05) is 0 Å². The molecule has 0 unspecified atom stereocenters. The normalized spacial score (nSPS) is 17.3. The van der Waals surface area contributed by atoms with E-state index in [-0.39, 0.29) is 6.79 Å². The standard InChI is InChI=1S/C11H7N2O4/c14-10-11(15)13(4-3-12-10)7-1-2-8-9(5-7)17-6-16-8/h1-5H,6H2/q+1. The number of carbonyl (C=O) groups excluding carboxylic acids is 2. The summed E-state index contributed by atoms with van der Waals surface area (Å²) in [6.45, 7) is 0.164. The molecule has 3 rings (SSSR count). The maximum absolute atomic E-state index is 11.6. The monoisotopic (exact) mass is 231 g/mol. The van der Waals surface area contributed by atoms with Gasteiger partial charge in [0.2, 0.25) is 12.5 Å². The molecule has 6 nitrogen and oxygen atoms in total. The van der Waals surface area contributed by atoms with Crippen LogP contribution in [0.25, 0.3) is 0 Å². The van der Waals surface area contributed by atoms with Gasteiger partial charge in [-0.05, 0) is 6.07 Å². The van der Waals surface area contributed by atoms with E-state index in [0.717, 1.165) is 0 Å². The van der Waals surface area contributed by atoms with E-state index in [9.17, 15) is 9.59 Å². The van der Waals surface area contributed by atoms with Crippen molar-refractivity contribution >= 4 is 29.9 Å². The lowest BCUT2D eigenvalue weighted by Gasteiger charge is -2.01. The first-order valence-corrected chi connectivity index (χ1v) is 4.90. The second kappa shape index (κ2) is 3.51. The second-order valence-electron chi connectivity index (χ2n) is 3.45. The number of carbonyl (C=O) groups is 2. The number of rotatable bonds is 1. The van der Waals surface area contributed by atoms with Crippen LogP contribution in [-0.2, 0) is 9.59 Å². The topological polar surface area (TPSA) is 68.0 Å². The first-order chi connectivity index (χ1) is 8.25. The summed E-state index contributed by atoms with van der Waals surface area (Å²) in [5, 5.41) is 0. The number of hydrogen-bond donors (Lipinski definition) is 0. The summed E-state index contributed by atoms with van der Waals surface area (Å²) in [4.78, 5) is 26.1. The van der Waals surface area contributed by atoms with Gasteiger partial charge in [0, 0.05) is 6.07 Å². The maximum atomic E-state index is 11.6. The number of nitrogens with zero attached hydrogens (tertiary/aromatic N) is 2. The second-order valence-corrected chi connectivity index (χ2v) is 3.45. The molecule has 84 valence electrons. The van der Waals surface area contributed by atoms with E-state index in [1.807, 2.05) is 0 Å². The van der Waals surface area contributed by atoms with Gasteiger partial charge in [0.1, 0.15) is 0 Å². The van der Waals surface area contributed by atoms with Crippen LogP contribution in [0.3, 0.4) is 0 Å². The third kappa shape index (κ3) is 1.50. The molecule has 2 aliphatic heterocycles. The van der Waals surface area contributed by atoms with Crippen LogP contribution in [0.15, 0.2) is 23.2 Å². The van der Waals surface area contributed by atoms with Crippen molar-refractivity contribution in [2.45, 2.75) is 0 Å². The number of ether oxygens (including phenoxy) is 2. The molecule has 2 amide bonds. The highest BCUT2D eigenvalue weighted by Crippen LogP contribution is 2.35. The van der Waals surface area contributed by atoms with E-state index in [1.165, 1.54) is 17.0 Å². The summed E-state index contributed by atoms with van der Waals surface area (Å²) < 4.78 is 11.6. The smallest absolute Gasteiger partial charge is 0.454 e. The zero-order valence-corrected chi connectivity index (χ0v) is 8.62. The lowest BCUT2D eigenvalue weighted by atomic mass is 10.2. The molecule has 1 aromatic rings. The Hall–Kier alpha value is -2.50. The van der Waals surface area contributed by atoms with E-state index >= 15 is 0 Å². The van der Waals surface area contributed by atoms with Crippen LogP contribution < -0.4 is 9.47 Å². The van der Waals surface area contributed by atoms with Crippen LogP contribution in [0, 0.1) is 0 Å². The molecule has 6 heteroatoms. The molecule has 0 fully saturated rings. The minimum atomic E-state index is -0.787. The van der Waals surface area contributed by atoms with Gasteiger partial charge in [-0.15, -0.1) is 4.58 Å². The minimum Gasteiger partial charge on any atom is -0.454 e. The molecule has 0 bridgehead atoms. The molecule has 0 spiro atoms. The van der Waals surface area contributed by atoms with Crippen LogP contribution >= 0.6 is 0 Å². The molecular weight excluding hydrogens is 224 g/mol. The van der Waals surface area contributed by atoms with Crippen molar-refractivity contribution < 1.29 is 23.6 Å². The highest BCUT2D eigenvalue weighted by atomic mass is 16.7. The van der Waals surface area contributed by atoms with Gasteiger partial charge >= 0.3 is 11.8 Å². The largest absolute Gasteiger partial charge is 0.485 e. The van der Waals surface area contributed by atoms with Crippen molar-refractivity contribution in [3.05, 3.63) is 18.2 Å². The van der Waals surface area contributed by atoms with Crippen molar-refractivity contribution in [2.24, 2.45) is 4.99 Å². The van der Waals surface area contributed by atoms with Crippen LogP contribution in [0.2, 0.25) is 0 Å². The molecule has 2 heterocycles. The SMILES string of the molecule is O=C1N=CC=[N+](c2ccc3c(c2)OCO3)C1=O. The number of aliphatic imine (C=N–C) groups is 1. The molecule has 17 heavy (non-hydrogen) atoms. The minimum absolute atomic E-state index is 0.164. The number of amides is 2. The highest BCUT2D eigenvalue weighted by Gasteiger charge is 2.31. The average Bonchev–Trinajstić information content (AvgIpc) is 2.79. The molecule has 0 saturated carbocycles. The Morgan fingerprint density at radius 1 is 1.18 bits per heavy atom. The van der Waals surface area contributed by atoms with Crippen LogP contribution in [-0.4, -0.2) is 35.6 Å². The molecule has 2 aliphatic rings. The van der Waals surface area contributed by atoms with E-state index in [4.69, 9.17) is 9.47 Å². The summed E-state index contributed by atoms with van der Waals surface area (Å²) in [5.41, 5.74) is 0.541. The maximum Gasteiger partial charge on any atom is 0.485 e. The number of benzene rings is 1. The van der Waals surface area contributed by atoms with E-state index in [2.05, 4.69) is 4.99 Å². The van der Waals surface area contributed by atoms with Crippen LogP contribution in [0.5, 0.6) is 11.5 Å². The summed E-state index contributed by atoms with van der Waals surface area (Å²) in [5.74, 6) is -0.298. The third-order valence-corrected chi connectivity index (χ3v) is 2.44. The number of hydrogen-bond acceptors (Lipinski definition) is 4. The van der Waals surface area contributed by atoms with E-state index in [0.29, 0.717) is 17.2 Å². The lowest BCUT2D eigenvalue weighted by molar-refractivity contribution is -0.356. The Bertz CT molecular complexity index is 589. The molecule has 0 radical (unpaired) electrons. The fourth-order valence-electron chi connectivity index (χ4n) is 1.63. The Labute approximate surface area is 95.8 Å². The summed E-state index contributed by atoms with van der Waals surface area (Å²) in [6.07, 6.45) is 2.72.